The van der Waals surface area contributed by atoms with Gasteiger partial charge in [-0.2, -0.15) is 0 Å². The van der Waals surface area contributed by atoms with Gasteiger partial charge in [0.15, 0.2) is 0 Å². The molecule has 0 aliphatic heterocycles. The van der Waals surface area contributed by atoms with Crippen molar-refractivity contribution >= 4 is 0 Å². The van der Waals surface area contributed by atoms with Crippen LogP contribution in [0, 0.1) is 23.7 Å². The van der Waals surface area contributed by atoms with Crippen molar-refractivity contribution in [3.8, 4) is 0 Å². The zero-order valence-corrected chi connectivity index (χ0v) is 15.7. The second-order valence-corrected chi connectivity index (χ2v) is 7.39. The molecule has 4 atom stereocenters. The molecule has 3 aliphatic carbocycles. The lowest BCUT2D eigenvalue weighted by Gasteiger charge is -2.23. The maximum Gasteiger partial charge on any atom is -0.0171 e. The van der Waals surface area contributed by atoms with Gasteiger partial charge < -0.3 is 0 Å². The van der Waals surface area contributed by atoms with E-state index in [-0.39, 0.29) is 0 Å². The van der Waals surface area contributed by atoms with Crippen LogP contribution >= 0.6 is 0 Å². The number of hydrogen-bond acceptors (Lipinski definition) is 0. The maximum atomic E-state index is 2.49. The lowest BCUT2D eigenvalue weighted by atomic mass is 9.82. The smallest absolute Gasteiger partial charge is 0.0171 e. The van der Waals surface area contributed by atoms with Gasteiger partial charge in [-0.15, -0.1) is 0 Å². The fourth-order valence-electron chi connectivity index (χ4n) is 4.54. The summed E-state index contributed by atoms with van der Waals surface area (Å²) < 4.78 is 0. The van der Waals surface area contributed by atoms with Gasteiger partial charge in [-0.25, -0.2) is 0 Å². The summed E-state index contributed by atoms with van der Waals surface area (Å²) in [5.74, 6) is 4.36. The SMILES string of the molecule is C1=CC2C3CCC(C3)C2C1.CC=CCCCC=CC=CC=CCC. The molecular weight excluding hydrogens is 288 g/mol. The highest BCUT2D eigenvalue weighted by atomic mass is 14.5. The summed E-state index contributed by atoms with van der Waals surface area (Å²) in [5.41, 5.74) is 0. The van der Waals surface area contributed by atoms with Gasteiger partial charge in [0, 0.05) is 0 Å². The molecule has 0 heterocycles. The van der Waals surface area contributed by atoms with Crippen LogP contribution in [0.3, 0.4) is 0 Å². The summed E-state index contributed by atoms with van der Waals surface area (Å²) in [4.78, 5) is 0. The predicted octanol–water partition coefficient (Wildman–Crippen LogP) is 7.42. The predicted molar refractivity (Wildman–Crippen MR) is 108 cm³/mol. The monoisotopic (exact) mass is 324 g/mol. The van der Waals surface area contributed by atoms with E-state index in [4.69, 9.17) is 0 Å². The van der Waals surface area contributed by atoms with Crippen molar-refractivity contribution in [1.29, 1.82) is 0 Å². The molecule has 0 amide bonds. The molecule has 132 valence electrons. The van der Waals surface area contributed by atoms with Gasteiger partial charge in [-0.1, -0.05) is 67.7 Å². The molecule has 3 aliphatic rings. The molecule has 0 spiro atoms. The molecule has 0 saturated heterocycles. The Balaban J connectivity index is 0.000000180. The van der Waals surface area contributed by atoms with Crippen LogP contribution in [0.1, 0.15) is 65.2 Å². The van der Waals surface area contributed by atoms with E-state index < -0.39 is 0 Å². The molecule has 2 saturated carbocycles. The first-order valence-corrected chi connectivity index (χ1v) is 10.1. The first kappa shape index (κ1) is 19.0. The highest BCUT2D eigenvalue weighted by Crippen LogP contribution is 2.56. The van der Waals surface area contributed by atoms with E-state index in [1.54, 1.807) is 12.8 Å². The zero-order chi connectivity index (χ0) is 17.0. The lowest BCUT2D eigenvalue weighted by Crippen LogP contribution is -2.16. The Labute approximate surface area is 150 Å². The summed E-state index contributed by atoms with van der Waals surface area (Å²) >= 11 is 0. The molecule has 0 aromatic heterocycles. The van der Waals surface area contributed by atoms with Crippen molar-refractivity contribution in [1.82, 2.24) is 0 Å². The van der Waals surface area contributed by atoms with Gasteiger partial charge in [0.25, 0.3) is 0 Å². The van der Waals surface area contributed by atoms with Crippen LogP contribution in [0.2, 0.25) is 0 Å². The van der Waals surface area contributed by atoms with Crippen molar-refractivity contribution in [3.63, 3.8) is 0 Å². The summed E-state index contributed by atoms with van der Waals surface area (Å²) in [7, 11) is 0. The minimum Gasteiger partial charge on any atom is -0.0917 e. The van der Waals surface area contributed by atoms with Gasteiger partial charge in [0.05, 0.1) is 0 Å². The second kappa shape index (κ2) is 11.3. The zero-order valence-electron chi connectivity index (χ0n) is 15.7. The van der Waals surface area contributed by atoms with Crippen LogP contribution in [0.15, 0.2) is 60.8 Å². The van der Waals surface area contributed by atoms with Crippen molar-refractivity contribution < 1.29 is 0 Å². The lowest BCUT2D eigenvalue weighted by molar-refractivity contribution is 0.285. The molecule has 3 rings (SSSR count). The highest BCUT2D eigenvalue weighted by molar-refractivity contribution is 5.12. The van der Waals surface area contributed by atoms with E-state index >= 15 is 0 Å². The Morgan fingerprint density at radius 2 is 1.67 bits per heavy atom. The van der Waals surface area contributed by atoms with E-state index in [2.05, 4.69) is 74.6 Å². The molecule has 0 aromatic rings. The van der Waals surface area contributed by atoms with Gasteiger partial charge in [-0.3, -0.25) is 0 Å². The van der Waals surface area contributed by atoms with Crippen LogP contribution in [-0.4, -0.2) is 0 Å². The Morgan fingerprint density at radius 1 is 0.917 bits per heavy atom. The minimum absolute atomic E-state index is 1.03. The third-order valence-corrected chi connectivity index (χ3v) is 5.74. The second-order valence-electron chi connectivity index (χ2n) is 7.39. The van der Waals surface area contributed by atoms with E-state index in [0.29, 0.717) is 0 Å². The van der Waals surface area contributed by atoms with Crippen molar-refractivity contribution in [2.45, 2.75) is 65.2 Å². The molecule has 0 aromatic carbocycles. The molecule has 0 radical (unpaired) electrons. The van der Waals surface area contributed by atoms with Crippen LogP contribution in [-0.2, 0) is 0 Å². The van der Waals surface area contributed by atoms with Gasteiger partial charge in [-0.05, 0) is 82.0 Å². The normalized spacial score (nSPS) is 30.9. The summed E-state index contributed by atoms with van der Waals surface area (Å²) in [5, 5.41) is 0. The maximum absolute atomic E-state index is 2.49. The number of hydrogen-bond donors (Lipinski definition) is 0. The van der Waals surface area contributed by atoms with E-state index in [1.165, 1.54) is 32.1 Å². The molecule has 0 N–H and O–H groups in total. The minimum atomic E-state index is 1.03. The quantitative estimate of drug-likeness (QED) is 0.259. The Morgan fingerprint density at radius 3 is 2.42 bits per heavy atom. The first-order chi connectivity index (χ1) is 11.9. The molecule has 0 heteroatoms. The number of allylic oxidation sites excluding steroid dienone is 10. The molecule has 2 bridgehead atoms. The average molecular weight is 325 g/mol. The van der Waals surface area contributed by atoms with E-state index in [0.717, 1.165) is 30.1 Å². The molecule has 24 heavy (non-hydrogen) atoms. The van der Waals surface area contributed by atoms with Gasteiger partial charge >= 0.3 is 0 Å². The van der Waals surface area contributed by atoms with E-state index in [1.807, 2.05) is 0 Å². The van der Waals surface area contributed by atoms with Crippen LogP contribution in [0.4, 0.5) is 0 Å². The summed E-state index contributed by atoms with van der Waals surface area (Å²) in [6, 6.07) is 0. The van der Waals surface area contributed by atoms with Crippen molar-refractivity contribution in [2.24, 2.45) is 23.7 Å². The Bertz CT molecular complexity index is 474. The summed E-state index contributed by atoms with van der Waals surface area (Å²) in [6.45, 7) is 4.21. The summed E-state index contributed by atoms with van der Waals surface area (Å²) in [6.07, 6.45) is 32.8. The van der Waals surface area contributed by atoms with Crippen LogP contribution in [0.5, 0.6) is 0 Å². The van der Waals surface area contributed by atoms with E-state index in [9.17, 15) is 0 Å². The Hall–Kier alpha value is -1.30. The molecule has 0 nitrogen and oxygen atoms in total. The third-order valence-electron chi connectivity index (χ3n) is 5.74. The van der Waals surface area contributed by atoms with Gasteiger partial charge in [0.1, 0.15) is 0 Å². The highest BCUT2D eigenvalue weighted by Gasteiger charge is 2.47. The largest absolute Gasteiger partial charge is 0.0917 e. The van der Waals surface area contributed by atoms with Gasteiger partial charge in [0.2, 0.25) is 0 Å². The van der Waals surface area contributed by atoms with Crippen molar-refractivity contribution in [3.05, 3.63) is 60.8 Å². The molecular formula is C24H36. The fraction of sp³-hybridized carbons (Fsp3) is 0.583. The number of fused-ring (bicyclic) bond motifs is 5. The number of unbranched alkanes of at least 4 members (excludes halogenated alkanes) is 2. The number of rotatable bonds is 7. The third kappa shape index (κ3) is 5.96. The van der Waals surface area contributed by atoms with Crippen LogP contribution < -0.4 is 0 Å². The Kier molecular flexibility index (Phi) is 8.95. The standard InChI is InChI=1S/C14H22.C10H14/c1-3-5-7-9-11-13-14-12-10-8-6-4-2;1-2-9-7-4-5-8(6-7)10(9)3-1/h3,5-6,8,10,12-14H,4,7,9,11H2,1-2H3;1-2,7-10H,3-6H2. The first-order valence-electron chi connectivity index (χ1n) is 10.1. The van der Waals surface area contributed by atoms with Crippen molar-refractivity contribution in [2.75, 3.05) is 0 Å². The molecule has 2 fully saturated rings. The average Bonchev–Trinajstić information content (AvgIpc) is 3.31. The molecule has 4 unspecified atom stereocenters. The topological polar surface area (TPSA) is 0 Å². The van der Waals surface area contributed by atoms with Crippen LogP contribution in [0.25, 0.3) is 0 Å². The fourth-order valence-corrected chi connectivity index (χ4v) is 4.54.